The van der Waals surface area contributed by atoms with E-state index in [1.54, 1.807) is 0 Å². The fraction of sp³-hybridized carbons (Fsp3) is 0.750. The van der Waals surface area contributed by atoms with Crippen molar-refractivity contribution in [3.63, 3.8) is 0 Å². The zero-order valence-corrected chi connectivity index (χ0v) is 9.24. The zero-order valence-electron chi connectivity index (χ0n) is 4.78. The molecule has 0 aromatic carbocycles. The monoisotopic (exact) mass is 211 g/mol. The first-order chi connectivity index (χ1) is 2.77. The number of hydrogen-bond acceptors (Lipinski definition) is 0. The van der Waals surface area contributed by atoms with Gasteiger partial charge in [-0.15, -0.1) is 16.5 Å². The van der Waals surface area contributed by atoms with Crippen molar-refractivity contribution in [2.45, 2.75) is 12.6 Å². The first-order valence-corrected chi connectivity index (χ1v) is 5.60. The van der Waals surface area contributed by atoms with Crippen LogP contribution in [0.2, 0.25) is 0 Å². The van der Waals surface area contributed by atoms with Crippen LogP contribution in [-0.4, -0.2) is 12.3 Å². The van der Waals surface area contributed by atoms with Crippen LogP contribution in [-0.2, 0) is 26.2 Å². The summed E-state index contributed by atoms with van der Waals surface area (Å²) in [6, 6.07) is 0. The predicted molar refractivity (Wildman–Crippen MR) is 37.4 cm³/mol. The molecule has 0 saturated carbocycles. The van der Waals surface area contributed by atoms with Gasteiger partial charge in [-0.05, 0) is 6.66 Å². The average molecular weight is 212 g/mol. The van der Waals surface area contributed by atoms with E-state index in [4.69, 9.17) is 0 Å². The minimum Gasteiger partial charge on any atom is -0.336 e. The summed E-state index contributed by atoms with van der Waals surface area (Å²) in [7, 11) is 2.19. The molecule has 3 atom stereocenters. The Hall–Kier alpha value is 1.74. The van der Waals surface area contributed by atoms with Gasteiger partial charge < -0.3 is 6.92 Å². The van der Waals surface area contributed by atoms with E-state index in [9.17, 15) is 0 Å². The van der Waals surface area contributed by atoms with Crippen LogP contribution < -0.4 is 0 Å². The van der Waals surface area contributed by atoms with Crippen LogP contribution in [0, 0.1) is 6.92 Å². The SMILES string of the molecule is [CH2-]C(C)PPC.[Zr]. The topological polar surface area (TPSA) is 0 Å². The van der Waals surface area contributed by atoms with Crippen molar-refractivity contribution < 1.29 is 26.2 Å². The third-order valence-electron chi connectivity index (χ3n) is 0.391. The first kappa shape index (κ1) is 11.5. The Morgan fingerprint density at radius 1 is 1.57 bits per heavy atom. The molecule has 0 spiro atoms. The van der Waals surface area contributed by atoms with E-state index in [2.05, 4.69) is 20.5 Å². The van der Waals surface area contributed by atoms with Gasteiger partial charge in [0.1, 0.15) is 0 Å². The van der Waals surface area contributed by atoms with Gasteiger partial charge in [0.25, 0.3) is 0 Å². The van der Waals surface area contributed by atoms with Crippen LogP contribution >= 0.6 is 16.5 Å². The molecule has 3 unspecified atom stereocenters. The van der Waals surface area contributed by atoms with E-state index in [0.29, 0.717) is 5.66 Å². The van der Waals surface area contributed by atoms with Gasteiger partial charge in [-0.25, -0.2) is 0 Å². The second-order valence-electron chi connectivity index (χ2n) is 1.30. The summed E-state index contributed by atoms with van der Waals surface area (Å²) in [6.07, 6.45) is 0. The van der Waals surface area contributed by atoms with Gasteiger partial charge in [0, 0.05) is 26.2 Å². The minimum absolute atomic E-state index is 0. The van der Waals surface area contributed by atoms with Crippen molar-refractivity contribution >= 4 is 16.5 Å². The molecule has 0 aliphatic carbocycles. The summed E-state index contributed by atoms with van der Waals surface area (Å²) < 4.78 is 0. The van der Waals surface area contributed by atoms with Crippen molar-refractivity contribution in [2.24, 2.45) is 0 Å². The van der Waals surface area contributed by atoms with E-state index in [-0.39, 0.29) is 26.2 Å². The summed E-state index contributed by atoms with van der Waals surface area (Å²) in [5.41, 5.74) is 0.688. The summed E-state index contributed by atoms with van der Waals surface area (Å²) in [5.74, 6) is 0. The van der Waals surface area contributed by atoms with Gasteiger partial charge in [0.2, 0.25) is 0 Å². The molecule has 0 saturated heterocycles. The number of rotatable bonds is 2. The Kier molecular flexibility index (Phi) is 12.8. The fourth-order valence-electron chi connectivity index (χ4n) is 0.246. The van der Waals surface area contributed by atoms with Crippen LogP contribution in [0.4, 0.5) is 0 Å². The summed E-state index contributed by atoms with van der Waals surface area (Å²) in [6.45, 7) is 8.23. The Morgan fingerprint density at radius 3 is 2.00 bits per heavy atom. The molecule has 0 aromatic heterocycles. The van der Waals surface area contributed by atoms with E-state index >= 15 is 0 Å². The van der Waals surface area contributed by atoms with E-state index in [0.717, 1.165) is 16.5 Å². The Labute approximate surface area is 68.8 Å². The molecule has 0 N–H and O–H groups in total. The van der Waals surface area contributed by atoms with E-state index in [1.807, 2.05) is 0 Å². The molecule has 0 amide bonds. The third-order valence-corrected chi connectivity index (χ3v) is 3.52. The second-order valence-corrected chi connectivity index (χ2v) is 5.44. The Bertz CT molecular complexity index is 30.9. The Morgan fingerprint density at radius 2 is 2.00 bits per heavy atom. The van der Waals surface area contributed by atoms with Crippen molar-refractivity contribution in [1.82, 2.24) is 0 Å². The largest absolute Gasteiger partial charge is 0.336 e. The van der Waals surface area contributed by atoms with Gasteiger partial charge in [-0.3, -0.25) is 0 Å². The van der Waals surface area contributed by atoms with Crippen molar-refractivity contribution in [3.05, 3.63) is 6.92 Å². The average Bonchev–Trinajstić information content (AvgIpc) is 1.35. The van der Waals surface area contributed by atoms with Gasteiger partial charge in [-0.1, -0.05) is 6.92 Å². The summed E-state index contributed by atoms with van der Waals surface area (Å²) >= 11 is 0. The van der Waals surface area contributed by atoms with Crippen molar-refractivity contribution in [3.8, 4) is 0 Å². The molecule has 0 aliphatic rings. The van der Waals surface area contributed by atoms with Gasteiger partial charge in [-0.2, -0.15) is 5.66 Å². The molecular formula is C4H11P2Zr-. The van der Waals surface area contributed by atoms with Gasteiger partial charge >= 0.3 is 0 Å². The standard InChI is InChI=1S/C4H11P2.Zr/c1-4(2)6-5-3;/h4-6H,1H2,2-3H3;/q-1;. The quantitative estimate of drug-likeness (QED) is 0.486. The number of hydrogen-bond donors (Lipinski definition) is 0. The molecule has 0 aliphatic heterocycles. The molecule has 0 bridgehead atoms. The maximum Gasteiger partial charge on any atom is 0 e. The normalized spacial score (nSPS) is 15.9. The molecule has 7 heavy (non-hydrogen) atoms. The molecule has 0 radical (unpaired) electrons. The predicted octanol–water partition coefficient (Wildman–Crippen LogP) is 2.11. The van der Waals surface area contributed by atoms with Crippen LogP contribution in [0.25, 0.3) is 0 Å². The second kappa shape index (κ2) is 7.74. The fourth-order valence-corrected chi connectivity index (χ4v) is 2.22. The maximum absolute atomic E-state index is 3.85. The molecular weight excluding hydrogens is 201 g/mol. The minimum atomic E-state index is 0. The summed E-state index contributed by atoms with van der Waals surface area (Å²) in [4.78, 5) is 0. The molecule has 0 fully saturated rings. The smallest absolute Gasteiger partial charge is 0 e. The first-order valence-electron chi connectivity index (χ1n) is 2.02. The van der Waals surface area contributed by atoms with E-state index in [1.165, 1.54) is 0 Å². The third kappa shape index (κ3) is 11.4. The summed E-state index contributed by atoms with van der Waals surface area (Å²) in [5, 5.41) is 0. The molecule has 0 rings (SSSR count). The molecule has 0 nitrogen and oxygen atoms in total. The molecule has 42 valence electrons. The van der Waals surface area contributed by atoms with Crippen molar-refractivity contribution in [1.29, 1.82) is 0 Å². The van der Waals surface area contributed by atoms with E-state index < -0.39 is 0 Å². The molecule has 3 heteroatoms. The maximum atomic E-state index is 3.85. The van der Waals surface area contributed by atoms with Crippen LogP contribution in [0.1, 0.15) is 6.92 Å². The van der Waals surface area contributed by atoms with Gasteiger partial charge in [0.15, 0.2) is 0 Å². The van der Waals surface area contributed by atoms with Crippen LogP contribution in [0.3, 0.4) is 0 Å². The molecule has 0 heterocycles. The van der Waals surface area contributed by atoms with Crippen LogP contribution in [0.15, 0.2) is 0 Å². The zero-order chi connectivity index (χ0) is 4.99. The van der Waals surface area contributed by atoms with Gasteiger partial charge in [0.05, 0.1) is 0 Å². The molecule has 0 aromatic rings. The van der Waals surface area contributed by atoms with Crippen molar-refractivity contribution in [2.75, 3.05) is 6.66 Å². The van der Waals surface area contributed by atoms with Crippen LogP contribution in [0.5, 0.6) is 0 Å². The Balaban J connectivity index is 0.